The molecule has 0 saturated carbocycles. The van der Waals surface area contributed by atoms with Gasteiger partial charge in [-0.15, -0.1) is 5.10 Å². The first-order chi connectivity index (χ1) is 12.8. The highest BCUT2D eigenvalue weighted by Crippen LogP contribution is 2.34. The third kappa shape index (κ3) is 2.99. The number of nitrogens with one attached hydrogen (secondary N) is 1. The molecule has 0 atom stereocenters. The van der Waals surface area contributed by atoms with Crippen LogP contribution in [0, 0.1) is 0 Å². The zero-order chi connectivity index (χ0) is 17.9. The molecule has 7 heteroatoms. The Labute approximate surface area is 151 Å². The van der Waals surface area contributed by atoms with Gasteiger partial charge in [0.1, 0.15) is 11.5 Å². The predicted octanol–water partition coefficient (Wildman–Crippen LogP) is 3.33. The van der Waals surface area contributed by atoms with Crippen LogP contribution >= 0.6 is 0 Å². The molecule has 132 valence electrons. The summed E-state index contributed by atoms with van der Waals surface area (Å²) in [4.78, 5) is 6.77. The molecule has 1 aliphatic rings. The zero-order valence-electron chi connectivity index (χ0n) is 14.6. The van der Waals surface area contributed by atoms with E-state index in [4.69, 9.17) is 9.47 Å². The Morgan fingerprint density at radius 2 is 1.96 bits per heavy atom. The van der Waals surface area contributed by atoms with Crippen LogP contribution in [0.5, 0.6) is 11.5 Å². The van der Waals surface area contributed by atoms with E-state index in [-0.39, 0.29) is 0 Å². The molecule has 0 amide bonds. The van der Waals surface area contributed by atoms with E-state index in [0.29, 0.717) is 17.4 Å². The van der Waals surface area contributed by atoms with Crippen molar-refractivity contribution in [1.82, 2.24) is 15.2 Å². The van der Waals surface area contributed by atoms with E-state index in [0.717, 1.165) is 24.5 Å². The smallest absolute Gasteiger partial charge is 0.249 e. The fraction of sp³-hybridized carbons (Fsp3) is 0.211. The molecule has 3 aromatic rings. The Morgan fingerprint density at radius 3 is 2.81 bits per heavy atom. The van der Waals surface area contributed by atoms with Gasteiger partial charge in [-0.25, -0.2) is 0 Å². The topological polar surface area (TPSA) is 72.4 Å². The van der Waals surface area contributed by atoms with Crippen molar-refractivity contribution >= 4 is 23.1 Å². The van der Waals surface area contributed by atoms with E-state index in [9.17, 15) is 0 Å². The van der Waals surface area contributed by atoms with E-state index in [1.165, 1.54) is 11.3 Å². The van der Waals surface area contributed by atoms with Crippen LogP contribution in [-0.2, 0) is 6.42 Å². The molecular formula is C19H19N5O2. The van der Waals surface area contributed by atoms with Gasteiger partial charge in [0, 0.05) is 18.3 Å². The summed E-state index contributed by atoms with van der Waals surface area (Å²) in [5.74, 6) is 2.54. The van der Waals surface area contributed by atoms with Crippen LogP contribution in [0.1, 0.15) is 5.56 Å². The predicted molar refractivity (Wildman–Crippen MR) is 99.8 cm³/mol. The van der Waals surface area contributed by atoms with Crippen molar-refractivity contribution in [3.8, 4) is 11.5 Å². The number of aromatic nitrogens is 3. The molecule has 0 bridgehead atoms. The summed E-state index contributed by atoms with van der Waals surface area (Å²) in [7, 11) is 3.23. The van der Waals surface area contributed by atoms with Crippen molar-refractivity contribution in [2.45, 2.75) is 6.42 Å². The number of methoxy groups -OCH3 is 2. The molecule has 1 N–H and O–H groups in total. The average Bonchev–Trinajstić information content (AvgIpc) is 3.13. The minimum atomic E-state index is 0.412. The molecule has 7 nitrogen and oxygen atoms in total. The lowest BCUT2D eigenvalue weighted by Gasteiger charge is -2.18. The standard InChI is InChI=1S/C19H19N5O2/c1-25-14-7-8-15(17(11-14)26-2)21-19-22-18(12-20-23-19)24-10-9-13-5-3-4-6-16(13)24/h3-8,11-12H,9-10H2,1-2H3,(H,21,22,23). The summed E-state index contributed by atoms with van der Waals surface area (Å²) in [6.45, 7) is 0.878. The van der Waals surface area contributed by atoms with Gasteiger partial charge < -0.3 is 19.7 Å². The maximum Gasteiger partial charge on any atom is 0.249 e. The van der Waals surface area contributed by atoms with E-state index < -0.39 is 0 Å². The quantitative estimate of drug-likeness (QED) is 0.757. The molecule has 0 saturated heterocycles. The number of ether oxygens (including phenoxy) is 2. The molecule has 2 aromatic carbocycles. The van der Waals surface area contributed by atoms with Crippen LogP contribution < -0.4 is 19.7 Å². The minimum Gasteiger partial charge on any atom is -0.497 e. The average molecular weight is 349 g/mol. The second-order valence-corrected chi connectivity index (χ2v) is 5.86. The number of anilines is 4. The highest BCUT2D eigenvalue weighted by atomic mass is 16.5. The van der Waals surface area contributed by atoms with Gasteiger partial charge in [0.2, 0.25) is 5.95 Å². The van der Waals surface area contributed by atoms with Gasteiger partial charge in [0.05, 0.1) is 26.1 Å². The first-order valence-corrected chi connectivity index (χ1v) is 8.32. The van der Waals surface area contributed by atoms with Crippen LogP contribution in [-0.4, -0.2) is 35.9 Å². The van der Waals surface area contributed by atoms with Crippen LogP contribution in [0.15, 0.2) is 48.7 Å². The number of hydrogen-bond acceptors (Lipinski definition) is 7. The van der Waals surface area contributed by atoms with E-state index in [2.05, 4.69) is 43.6 Å². The van der Waals surface area contributed by atoms with Crippen molar-refractivity contribution in [3.63, 3.8) is 0 Å². The van der Waals surface area contributed by atoms with Gasteiger partial charge in [-0.3, -0.25) is 0 Å². The molecule has 1 aromatic heterocycles. The monoisotopic (exact) mass is 349 g/mol. The van der Waals surface area contributed by atoms with E-state index in [1.54, 1.807) is 26.5 Å². The lowest BCUT2D eigenvalue weighted by molar-refractivity contribution is 0.395. The number of para-hydroxylation sites is 1. The second kappa shape index (κ2) is 6.87. The van der Waals surface area contributed by atoms with Crippen molar-refractivity contribution in [2.24, 2.45) is 0 Å². The summed E-state index contributed by atoms with van der Waals surface area (Å²) in [5, 5.41) is 11.4. The van der Waals surface area contributed by atoms with Crippen LogP contribution in [0.3, 0.4) is 0 Å². The largest absolute Gasteiger partial charge is 0.497 e. The normalized spacial score (nSPS) is 12.6. The molecule has 2 heterocycles. The molecule has 0 spiro atoms. The summed E-state index contributed by atoms with van der Waals surface area (Å²) >= 11 is 0. The Hall–Kier alpha value is -3.35. The maximum atomic E-state index is 5.41. The van der Waals surface area contributed by atoms with Gasteiger partial charge in [-0.2, -0.15) is 10.1 Å². The molecule has 0 fully saturated rings. The summed E-state index contributed by atoms with van der Waals surface area (Å²) in [5.41, 5.74) is 3.23. The minimum absolute atomic E-state index is 0.412. The fourth-order valence-corrected chi connectivity index (χ4v) is 3.08. The van der Waals surface area contributed by atoms with Gasteiger partial charge in [-0.1, -0.05) is 18.2 Å². The highest BCUT2D eigenvalue weighted by Gasteiger charge is 2.21. The number of rotatable bonds is 5. The summed E-state index contributed by atoms with van der Waals surface area (Å²) < 4.78 is 10.6. The Bertz CT molecular complexity index is 931. The van der Waals surface area contributed by atoms with E-state index in [1.807, 2.05) is 18.2 Å². The molecular weight excluding hydrogens is 330 g/mol. The van der Waals surface area contributed by atoms with Gasteiger partial charge in [0.15, 0.2) is 5.82 Å². The van der Waals surface area contributed by atoms with Crippen molar-refractivity contribution in [2.75, 3.05) is 31.0 Å². The van der Waals surface area contributed by atoms with Crippen LogP contribution in [0.25, 0.3) is 0 Å². The fourth-order valence-electron chi connectivity index (χ4n) is 3.08. The molecule has 26 heavy (non-hydrogen) atoms. The first-order valence-electron chi connectivity index (χ1n) is 8.32. The molecule has 4 rings (SSSR count). The number of nitrogens with zero attached hydrogens (tertiary/aromatic N) is 4. The molecule has 1 aliphatic heterocycles. The van der Waals surface area contributed by atoms with Crippen LogP contribution in [0.4, 0.5) is 23.1 Å². The molecule has 0 unspecified atom stereocenters. The maximum absolute atomic E-state index is 5.41. The molecule has 0 radical (unpaired) electrons. The van der Waals surface area contributed by atoms with Gasteiger partial charge in [-0.05, 0) is 30.2 Å². The number of benzene rings is 2. The number of hydrogen-bond donors (Lipinski definition) is 1. The third-order valence-corrected chi connectivity index (χ3v) is 4.36. The van der Waals surface area contributed by atoms with E-state index >= 15 is 0 Å². The summed E-state index contributed by atoms with van der Waals surface area (Å²) in [6.07, 6.45) is 2.67. The zero-order valence-corrected chi connectivity index (χ0v) is 14.6. The van der Waals surface area contributed by atoms with Crippen molar-refractivity contribution in [3.05, 3.63) is 54.2 Å². The van der Waals surface area contributed by atoms with Crippen molar-refractivity contribution in [1.29, 1.82) is 0 Å². The Kier molecular flexibility index (Phi) is 4.27. The van der Waals surface area contributed by atoms with Crippen molar-refractivity contribution < 1.29 is 9.47 Å². The third-order valence-electron chi connectivity index (χ3n) is 4.36. The van der Waals surface area contributed by atoms with Crippen LogP contribution in [0.2, 0.25) is 0 Å². The molecule has 0 aliphatic carbocycles. The second-order valence-electron chi connectivity index (χ2n) is 5.86. The SMILES string of the molecule is COc1ccc(Nc2nncc(N3CCc4ccccc43)n2)c(OC)c1. The Morgan fingerprint density at radius 1 is 1.08 bits per heavy atom. The number of fused-ring (bicyclic) bond motifs is 1. The highest BCUT2D eigenvalue weighted by molar-refractivity contribution is 5.69. The lowest BCUT2D eigenvalue weighted by Crippen LogP contribution is -2.16. The van der Waals surface area contributed by atoms with Gasteiger partial charge in [0.25, 0.3) is 0 Å². The lowest BCUT2D eigenvalue weighted by atomic mass is 10.2. The first kappa shape index (κ1) is 16.1. The van der Waals surface area contributed by atoms with Gasteiger partial charge >= 0.3 is 0 Å². The summed E-state index contributed by atoms with van der Waals surface area (Å²) in [6, 6.07) is 13.8. The Balaban J connectivity index is 1.61.